The van der Waals surface area contributed by atoms with E-state index in [2.05, 4.69) is 4.98 Å². The fourth-order valence-electron chi connectivity index (χ4n) is 2.02. The molecule has 1 N–H and O–H groups in total. The molecule has 1 unspecified atom stereocenters. The molecule has 1 atom stereocenters. The third-order valence-electron chi connectivity index (χ3n) is 3.02. The summed E-state index contributed by atoms with van der Waals surface area (Å²) in [6, 6.07) is 8.24. The Hall–Kier alpha value is -2.83. The summed E-state index contributed by atoms with van der Waals surface area (Å²) in [6.07, 6.45) is 1.07. The van der Waals surface area contributed by atoms with E-state index in [1.807, 2.05) is 0 Å². The highest BCUT2D eigenvalue weighted by atomic mass is 19.1. The molecule has 0 saturated heterocycles. The van der Waals surface area contributed by atoms with Crippen LogP contribution in [-0.2, 0) is 11.2 Å². The van der Waals surface area contributed by atoms with E-state index in [0.29, 0.717) is 0 Å². The van der Waals surface area contributed by atoms with Crippen molar-refractivity contribution < 1.29 is 19.2 Å². The smallest absolute Gasteiger partial charge is 0.313 e. The van der Waals surface area contributed by atoms with Crippen molar-refractivity contribution >= 4 is 11.7 Å². The van der Waals surface area contributed by atoms with Gasteiger partial charge in [-0.1, -0.05) is 18.2 Å². The SMILES string of the molecule is O=C(O)C(Cc1ccccc1F)c1ncccc1[N+](=O)[O-]. The molecule has 0 radical (unpaired) electrons. The third-order valence-corrected chi connectivity index (χ3v) is 3.02. The van der Waals surface area contributed by atoms with Crippen LogP contribution in [-0.4, -0.2) is 21.0 Å². The van der Waals surface area contributed by atoms with E-state index < -0.39 is 22.6 Å². The number of carboxylic acids is 1. The molecule has 7 heteroatoms. The second-order valence-corrected chi connectivity index (χ2v) is 4.35. The average molecular weight is 290 g/mol. The minimum atomic E-state index is -1.29. The van der Waals surface area contributed by atoms with Crippen LogP contribution >= 0.6 is 0 Å². The lowest BCUT2D eigenvalue weighted by molar-refractivity contribution is -0.386. The summed E-state index contributed by atoms with van der Waals surface area (Å²) in [6.45, 7) is 0. The van der Waals surface area contributed by atoms with E-state index in [1.54, 1.807) is 6.07 Å². The second-order valence-electron chi connectivity index (χ2n) is 4.35. The van der Waals surface area contributed by atoms with Gasteiger partial charge in [-0.3, -0.25) is 19.9 Å². The molecular formula is C14H11FN2O4. The predicted molar refractivity (Wildman–Crippen MR) is 71.4 cm³/mol. The summed E-state index contributed by atoms with van der Waals surface area (Å²) >= 11 is 0. The molecule has 0 aliphatic rings. The van der Waals surface area contributed by atoms with Crippen LogP contribution in [0.2, 0.25) is 0 Å². The first-order valence-electron chi connectivity index (χ1n) is 6.06. The summed E-state index contributed by atoms with van der Waals surface area (Å²) in [5.74, 6) is -3.13. The largest absolute Gasteiger partial charge is 0.481 e. The van der Waals surface area contributed by atoms with Crippen molar-refractivity contribution in [2.24, 2.45) is 0 Å². The van der Waals surface area contributed by atoms with Gasteiger partial charge in [0.1, 0.15) is 17.4 Å². The number of aliphatic carboxylic acids is 1. The van der Waals surface area contributed by atoms with Gasteiger partial charge in [0.25, 0.3) is 5.69 Å². The van der Waals surface area contributed by atoms with Gasteiger partial charge in [0.15, 0.2) is 0 Å². The first kappa shape index (κ1) is 14.6. The zero-order chi connectivity index (χ0) is 15.4. The zero-order valence-corrected chi connectivity index (χ0v) is 10.8. The van der Waals surface area contributed by atoms with Gasteiger partial charge < -0.3 is 5.11 Å². The van der Waals surface area contributed by atoms with Gasteiger partial charge in [-0.05, 0) is 24.1 Å². The fourth-order valence-corrected chi connectivity index (χ4v) is 2.02. The Morgan fingerprint density at radius 3 is 2.67 bits per heavy atom. The maximum Gasteiger partial charge on any atom is 0.313 e. The molecule has 0 bridgehead atoms. The van der Waals surface area contributed by atoms with Crippen LogP contribution in [0.4, 0.5) is 10.1 Å². The molecule has 0 aliphatic carbocycles. The van der Waals surface area contributed by atoms with E-state index in [9.17, 15) is 24.4 Å². The third kappa shape index (κ3) is 3.19. The van der Waals surface area contributed by atoms with Gasteiger partial charge >= 0.3 is 5.97 Å². The molecule has 2 rings (SSSR count). The number of nitro groups is 1. The number of aromatic nitrogens is 1. The first-order valence-corrected chi connectivity index (χ1v) is 6.06. The van der Waals surface area contributed by atoms with E-state index in [1.165, 1.54) is 36.5 Å². The predicted octanol–water partition coefficient (Wildman–Crippen LogP) is 2.54. The van der Waals surface area contributed by atoms with Gasteiger partial charge in [-0.2, -0.15) is 0 Å². The lowest BCUT2D eigenvalue weighted by atomic mass is 9.94. The number of hydrogen-bond acceptors (Lipinski definition) is 4. The van der Waals surface area contributed by atoms with Crippen LogP contribution in [0.1, 0.15) is 17.2 Å². The summed E-state index contributed by atoms with van der Waals surface area (Å²) in [5, 5.41) is 20.3. The lowest BCUT2D eigenvalue weighted by Crippen LogP contribution is -2.18. The zero-order valence-electron chi connectivity index (χ0n) is 10.8. The molecule has 1 aromatic heterocycles. The average Bonchev–Trinajstić information content (AvgIpc) is 2.46. The van der Waals surface area contributed by atoms with Crippen molar-refractivity contribution in [2.75, 3.05) is 0 Å². The maximum absolute atomic E-state index is 13.6. The van der Waals surface area contributed by atoms with E-state index in [0.717, 1.165) is 0 Å². The molecule has 0 amide bonds. The van der Waals surface area contributed by atoms with Crippen molar-refractivity contribution in [3.63, 3.8) is 0 Å². The molecule has 0 spiro atoms. The molecule has 0 fully saturated rings. The maximum atomic E-state index is 13.6. The number of carbonyl (C=O) groups is 1. The number of benzene rings is 1. The molecular weight excluding hydrogens is 279 g/mol. The Kier molecular flexibility index (Phi) is 4.22. The molecule has 1 heterocycles. The van der Waals surface area contributed by atoms with Crippen LogP contribution in [0.5, 0.6) is 0 Å². The van der Waals surface area contributed by atoms with Gasteiger partial charge in [-0.25, -0.2) is 4.39 Å². The van der Waals surface area contributed by atoms with Gasteiger partial charge in [0, 0.05) is 12.3 Å². The van der Waals surface area contributed by atoms with Crippen molar-refractivity contribution in [2.45, 2.75) is 12.3 Å². The monoisotopic (exact) mass is 290 g/mol. The molecule has 2 aromatic rings. The molecule has 108 valence electrons. The van der Waals surface area contributed by atoms with Gasteiger partial charge in [0.2, 0.25) is 0 Å². The lowest BCUT2D eigenvalue weighted by Gasteiger charge is -2.12. The highest BCUT2D eigenvalue weighted by Crippen LogP contribution is 2.28. The Balaban J connectivity index is 2.44. The number of carboxylic acid groups (broad SMARTS) is 1. The number of pyridine rings is 1. The van der Waals surface area contributed by atoms with E-state index in [-0.39, 0.29) is 23.4 Å². The highest BCUT2D eigenvalue weighted by Gasteiger charge is 2.30. The Morgan fingerprint density at radius 1 is 1.33 bits per heavy atom. The van der Waals surface area contributed by atoms with Gasteiger partial charge in [-0.15, -0.1) is 0 Å². The number of halogens is 1. The summed E-state index contributed by atoms with van der Waals surface area (Å²) < 4.78 is 13.6. The standard InChI is InChI=1S/C14H11FN2O4/c15-11-5-2-1-4-9(11)8-10(14(18)19)13-12(17(20)21)6-3-7-16-13/h1-7,10H,8H2,(H,18,19). The minimum absolute atomic E-state index is 0.171. The fraction of sp³-hybridized carbons (Fsp3) is 0.143. The Morgan fingerprint density at radius 2 is 2.05 bits per heavy atom. The Labute approximate surface area is 119 Å². The number of hydrogen-bond donors (Lipinski definition) is 1. The van der Waals surface area contributed by atoms with E-state index >= 15 is 0 Å². The highest BCUT2D eigenvalue weighted by molar-refractivity contribution is 5.77. The second kappa shape index (κ2) is 6.08. The summed E-state index contributed by atoms with van der Waals surface area (Å²) in [7, 11) is 0. The Bertz CT molecular complexity index is 690. The first-order chi connectivity index (χ1) is 10.0. The number of nitrogens with zero attached hydrogens (tertiary/aromatic N) is 2. The van der Waals surface area contributed by atoms with Crippen LogP contribution in [0.15, 0.2) is 42.6 Å². The topological polar surface area (TPSA) is 93.3 Å². The van der Waals surface area contributed by atoms with E-state index in [4.69, 9.17) is 0 Å². The molecule has 0 saturated carbocycles. The molecule has 1 aromatic carbocycles. The molecule has 0 aliphatic heterocycles. The van der Waals surface area contributed by atoms with Crippen LogP contribution in [0, 0.1) is 15.9 Å². The molecule has 6 nitrogen and oxygen atoms in total. The van der Waals surface area contributed by atoms with Crippen LogP contribution < -0.4 is 0 Å². The van der Waals surface area contributed by atoms with Crippen LogP contribution in [0.3, 0.4) is 0 Å². The van der Waals surface area contributed by atoms with Crippen molar-refractivity contribution in [3.8, 4) is 0 Å². The number of rotatable bonds is 5. The van der Waals surface area contributed by atoms with Crippen molar-refractivity contribution in [1.29, 1.82) is 0 Å². The van der Waals surface area contributed by atoms with Crippen molar-refractivity contribution in [3.05, 3.63) is 69.8 Å². The minimum Gasteiger partial charge on any atom is -0.481 e. The van der Waals surface area contributed by atoms with Crippen molar-refractivity contribution in [1.82, 2.24) is 4.98 Å². The quantitative estimate of drug-likeness (QED) is 0.674. The van der Waals surface area contributed by atoms with Gasteiger partial charge in [0.05, 0.1) is 4.92 Å². The normalized spacial score (nSPS) is 11.9. The summed E-state index contributed by atoms with van der Waals surface area (Å²) in [5.41, 5.74) is -0.399. The van der Waals surface area contributed by atoms with Crippen LogP contribution in [0.25, 0.3) is 0 Å². The molecule has 21 heavy (non-hydrogen) atoms. The summed E-state index contributed by atoms with van der Waals surface area (Å²) in [4.78, 5) is 25.5.